The first-order chi connectivity index (χ1) is 7.12. The molecule has 0 spiro atoms. The molecule has 0 amide bonds. The molecule has 1 nitrogen and oxygen atoms in total. The van der Waals surface area contributed by atoms with Gasteiger partial charge in [-0.1, -0.05) is 13.8 Å². The van der Waals surface area contributed by atoms with E-state index < -0.39 is 12.8 Å². The van der Waals surface area contributed by atoms with E-state index in [2.05, 4.69) is 18.6 Å². The Hall–Kier alpha value is 0.0400. The van der Waals surface area contributed by atoms with Gasteiger partial charge in [0.05, 0.1) is 0 Å². The van der Waals surface area contributed by atoms with E-state index in [9.17, 15) is 13.2 Å². The van der Waals surface area contributed by atoms with Crippen LogP contribution in [0.4, 0.5) is 13.2 Å². The molecule has 0 aromatic rings. The van der Waals surface area contributed by atoms with Crippen molar-refractivity contribution >= 4 is 11.6 Å². The van der Waals surface area contributed by atoms with Crippen molar-refractivity contribution in [3.05, 3.63) is 0 Å². The van der Waals surface area contributed by atoms with E-state index in [1.165, 1.54) is 0 Å². The molecule has 16 heavy (non-hydrogen) atoms. The van der Waals surface area contributed by atoms with Gasteiger partial charge in [-0.15, -0.1) is 11.6 Å². The molecule has 0 aliphatic carbocycles. The molecule has 0 bridgehead atoms. The van der Waals surface area contributed by atoms with Gasteiger partial charge < -0.3 is 4.74 Å². The van der Waals surface area contributed by atoms with E-state index in [1.54, 1.807) is 0 Å². The molecule has 0 aliphatic rings. The van der Waals surface area contributed by atoms with Crippen molar-refractivity contribution in [2.24, 2.45) is 5.41 Å². The number of ether oxygens (including phenoxy) is 1. The van der Waals surface area contributed by atoms with Crippen LogP contribution in [0.5, 0.6) is 0 Å². The summed E-state index contributed by atoms with van der Waals surface area (Å²) < 4.78 is 39.8. The number of hydrogen-bond donors (Lipinski definition) is 0. The largest absolute Gasteiger partial charge is 0.411 e. The fourth-order valence-corrected chi connectivity index (χ4v) is 2.12. The summed E-state index contributed by atoms with van der Waals surface area (Å²) >= 11 is 5.88. The van der Waals surface area contributed by atoms with Crippen LogP contribution in [0.1, 0.15) is 40.0 Å². The molecule has 0 aliphatic heterocycles. The Morgan fingerprint density at radius 3 is 2.25 bits per heavy atom. The quantitative estimate of drug-likeness (QED) is 0.487. The minimum Gasteiger partial charge on any atom is -0.372 e. The third-order valence-corrected chi connectivity index (χ3v) is 2.40. The van der Waals surface area contributed by atoms with Crippen molar-refractivity contribution in [2.45, 2.75) is 51.6 Å². The van der Waals surface area contributed by atoms with Crippen molar-refractivity contribution in [3.8, 4) is 0 Å². The third kappa shape index (κ3) is 10.6. The normalized spacial score (nSPS) is 15.2. The fraction of sp³-hybridized carbons (Fsp3) is 1.00. The van der Waals surface area contributed by atoms with Crippen LogP contribution >= 0.6 is 11.6 Å². The first kappa shape index (κ1) is 16.0. The molecule has 0 aromatic heterocycles. The monoisotopic (exact) mass is 260 g/mol. The Labute approximate surface area is 100 Å². The zero-order valence-electron chi connectivity index (χ0n) is 10.0. The Balaban J connectivity index is 3.58. The van der Waals surface area contributed by atoms with Crippen molar-refractivity contribution < 1.29 is 17.9 Å². The van der Waals surface area contributed by atoms with Gasteiger partial charge in [0, 0.05) is 12.0 Å². The highest BCUT2D eigenvalue weighted by Crippen LogP contribution is 2.30. The van der Waals surface area contributed by atoms with Crippen LogP contribution in [0, 0.1) is 5.41 Å². The molecule has 1 atom stereocenters. The van der Waals surface area contributed by atoms with Gasteiger partial charge in [0.2, 0.25) is 0 Å². The van der Waals surface area contributed by atoms with E-state index in [4.69, 9.17) is 11.6 Å². The molecule has 0 rings (SSSR count). The van der Waals surface area contributed by atoms with Gasteiger partial charge >= 0.3 is 6.18 Å². The maximum atomic E-state index is 11.7. The summed E-state index contributed by atoms with van der Waals surface area (Å²) in [6.45, 7) is 5.05. The minimum atomic E-state index is -4.22. The van der Waals surface area contributed by atoms with Gasteiger partial charge in [0.25, 0.3) is 0 Å². The minimum absolute atomic E-state index is 0.0583. The van der Waals surface area contributed by atoms with Crippen LogP contribution in [0.25, 0.3) is 0 Å². The summed E-state index contributed by atoms with van der Waals surface area (Å²) in [4.78, 5) is 0. The van der Waals surface area contributed by atoms with Crippen LogP contribution < -0.4 is 0 Å². The molecule has 5 heteroatoms. The number of rotatable bonds is 7. The van der Waals surface area contributed by atoms with Crippen LogP contribution in [0.2, 0.25) is 0 Å². The van der Waals surface area contributed by atoms with Crippen molar-refractivity contribution in [1.82, 2.24) is 0 Å². The fourth-order valence-electron chi connectivity index (χ4n) is 1.70. The molecule has 1 unspecified atom stereocenters. The molecule has 0 heterocycles. The SMILES string of the molecule is CC(Cl)CC(C)(C)CCCOCC(F)(F)F. The zero-order chi connectivity index (χ0) is 12.8. The average Bonchev–Trinajstić information content (AvgIpc) is 1.98. The smallest absolute Gasteiger partial charge is 0.372 e. The molecule has 0 saturated heterocycles. The second-order valence-corrected chi connectivity index (χ2v) is 5.67. The number of halogens is 4. The van der Waals surface area contributed by atoms with E-state index in [0.29, 0.717) is 6.42 Å². The predicted molar refractivity (Wildman–Crippen MR) is 59.8 cm³/mol. The van der Waals surface area contributed by atoms with E-state index in [1.807, 2.05) is 6.92 Å². The topological polar surface area (TPSA) is 9.23 Å². The molecule has 98 valence electrons. The second-order valence-electron chi connectivity index (χ2n) is 4.92. The Bertz CT molecular complexity index is 190. The van der Waals surface area contributed by atoms with Gasteiger partial charge in [-0.05, 0) is 31.6 Å². The second kappa shape index (κ2) is 6.70. The zero-order valence-corrected chi connectivity index (χ0v) is 10.8. The Kier molecular flexibility index (Phi) is 6.71. The van der Waals surface area contributed by atoms with Gasteiger partial charge in [-0.2, -0.15) is 13.2 Å². The highest BCUT2D eigenvalue weighted by Gasteiger charge is 2.27. The third-order valence-electron chi connectivity index (χ3n) is 2.24. The van der Waals surface area contributed by atoms with E-state index in [0.717, 1.165) is 12.8 Å². The summed E-state index contributed by atoms with van der Waals surface area (Å²) in [6.07, 6.45) is -1.91. The van der Waals surface area contributed by atoms with Gasteiger partial charge in [-0.3, -0.25) is 0 Å². The molecule has 0 N–H and O–H groups in total. The number of alkyl halides is 4. The van der Waals surface area contributed by atoms with Crippen molar-refractivity contribution in [3.63, 3.8) is 0 Å². The van der Waals surface area contributed by atoms with Crippen LogP contribution in [0.3, 0.4) is 0 Å². The lowest BCUT2D eigenvalue weighted by atomic mass is 9.83. The Morgan fingerprint density at radius 1 is 1.25 bits per heavy atom. The molecule has 0 saturated carbocycles. The highest BCUT2D eigenvalue weighted by molar-refractivity contribution is 6.20. The van der Waals surface area contributed by atoms with Gasteiger partial charge in [0.15, 0.2) is 0 Å². The maximum Gasteiger partial charge on any atom is 0.411 e. The molecule has 0 radical (unpaired) electrons. The molecule has 0 aromatic carbocycles. The van der Waals surface area contributed by atoms with Crippen LogP contribution in [0.15, 0.2) is 0 Å². The van der Waals surface area contributed by atoms with Crippen molar-refractivity contribution in [1.29, 1.82) is 0 Å². The molecule has 0 fully saturated rings. The summed E-state index contributed by atoms with van der Waals surface area (Å²) in [5.74, 6) is 0. The van der Waals surface area contributed by atoms with E-state index in [-0.39, 0.29) is 17.4 Å². The summed E-state index contributed by atoms with van der Waals surface area (Å²) in [6, 6.07) is 0. The number of hydrogen-bond acceptors (Lipinski definition) is 1. The lowest BCUT2D eigenvalue weighted by molar-refractivity contribution is -0.174. The summed E-state index contributed by atoms with van der Waals surface area (Å²) in [5.41, 5.74) is 0.0583. The lowest BCUT2D eigenvalue weighted by Gasteiger charge is -2.25. The molecular weight excluding hydrogens is 241 g/mol. The lowest BCUT2D eigenvalue weighted by Crippen LogP contribution is -2.19. The first-order valence-corrected chi connectivity index (χ1v) is 5.85. The summed E-state index contributed by atoms with van der Waals surface area (Å²) in [5, 5.41) is 0.0890. The van der Waals surface area contributed by atoms with E-state index >= 15 is 0 Å². The molecular formula is C11H20ClF3O. The first-order valence-electron chi connectivity index (χ1n) is 5.41. The van der Waals surface area contributed by atoms with Crippen LogP contribution in [-0.4, -0.2) is 24.8 Å². The van der Waals surface area contributed by atoms with Crippen molar-refractivity contribution in [2.75, 3.05) is 13.2 Å². The van der Waals surface area contributed by atoms with Crippen LogP contribution in [-0.2, 0) is 4.74 Å². The highest BCUT2D eigenvalue weighted by atomic mass is 35.5. The van der Waals surface area contributed by atoms with Gasteiger partial charge in [0.1, 0.15) is 6.61 Å². The standard InChI is InChI=1S/C11H20ClF3O/c1-9(12)7-10(2,3)5-4-6-16-8-11(13,14)15/h9H,4-8H2,1-3H3. The Morgan fingerprint density at radius 2 is 1.81 bits per heavy atom. The summed E-state index contributed by atoms with van der Waals surface area (Å²) in [7, 11) is 0. The predicted octanol–water partition coefficient (Wildman–Crippen LogP) is 4.39. The maximum absolute atomic E-state index is 11.7. The average molecular weight is 261 g/mol. The van der Waals surface area contributed by atoms with Gasteiger partial charge in [-0.25, -0.2) is 0 Å².